The van der Waals surface area contributed by atoms with Crippen molar-refractivity contribution in [3.63, 3.8) is 0 Å². The summed E-state index contributed by atoms with van der Waals surface area (Å²) in [6.45, 7) is 4.06. The summed E-state index contributed by atoms with van der Waals surface area (Å²) in [7, 11) is 0. The zero-order valence-corrected chi connectivity index (χ0v) is 16.7. The van der Waals surface area contributed by atoms with Crippen molar-refractivity contribution in [1.29, 1.82) is 5.26 Å². The minimum absolute atomic E-state index is 0.169. The van der Waals surface area contributed by atoms with Crippen molar-refractivity contribution in [2.75, 3.05) is 24.6 Å². The Kier molecular flexibility index (Phi) is 4.54. The fourth-order valence-electron chi connectivity index (χ4n) is 4.98. The molecule has 0 aliphatic carbocycles. The number of nitrogens with zero attached hydrogens (tertiary/aromatic N) is 4. The Morgan fingerprint density at radius 1 is 0.967 bits per heavy atom. The highest BCUT2D eigenvalue weighted by atomic mass is 16.5. The summed E-state index contributed by atoms with van der Waals surface area (Å²) in [6, 6.07) is 15.9. The molecule has 2 aromatic rings. The van der Waals surface area contributed by atoms with E-state index in [4.69, 9.17) is 10.00 Å². The van der Waals surface area contributed by atoms with Gasteiger partial charge in [-0.15, -0.1) is 0 Å². The quantitative estimate of drug-likeness (QED) is 0.732. The standard InChI is InChI=1S/C23H22N4O3/c1-2-30-18-10-8-17(9-11-18)27-22(28)19-20(16-6-4-15(14-24)5-7-16)25-12-3-13-26(25)21(19)23(27)29/h4-11,19-21H,2-3,12-13H2,1H3. The molecule has 0 aromatic heterocycles. The lowest BCUT2D eigenvalue weighted by Gasteiger charge is -2.29. The average molecular weight is 402 g/mol. The van der Waals surface area contributed by atoms with Crippen molar-refractivity contribution in [3.05, 3.63) is 59.7 Å². The number of ether oxygens (including phenoxy) is 1. The fraction of sp³-hybridized carbons (Fsp3) is 0.348. The van der Waals surface area contributed by atoms with Crippen LogP contribution in [0.2, 0.25) is 0 Å². The van der Waals surface area contributed by atoms with Crippen molar-refractivity contribution in [3.8, 4) is 11.8 Å². The minimum Gasteiger partial charge on any atom is -0.494 e. The Labute approximate surface area is 175 Å². The molecule has 0 saturated carbocycles. The average Bonchev–Trinajstić information content (AvgIpc) is 3.41. The summed E-state index contributed by atoms with van der Waals surface area (Å²) in [5, 5.41) is 13.3. The maximum absolute atomic E-state index is 13.5. The fourth-order valence-corrected chi connectivity index (χ4v) is 4.98. The number of nitriles is 1. The molecule has 5 rings (SSSR count). The number of hydrogen-bond donors (Lipinski definition) is 0. The molecule has 2 amide bonds. The number of amides is 2. The first kappa shape index (κ1) is 18.8. The van der Waals surface area contributed by atoms with Crippen molar-refractivity contribution in [2.24, 2.45) is 5.92 Å². The molecule has 7 heteroatoms. The maximum atomic E-state index is 13.5. The number of hydrogen-bond acceptors (Lipinski definition) is 6. The Morgan fingerprint density at radius 2 is 1.63 bits per heavy atom. The SMILES string of the molecule is CCOc1ccc(N2C(=O)C3C(C2=O)N2CCCN2C3c2ccc(C#N)cc2)cc1. The maximum Gasteiger partial charge on any atom is 0.253 e. The zero-order valence-electron chi connectivity index (χ0n) is 16.7. The molecule has 7 nitrogen and oxygen atoms in total. The van der Waals surface area contributed by atoms with Crippen LogP contribution >= 0.6 is 0 Å². The third-order valence-corrected chi connectivity index (χ3v) is 6.19. The minimum atomic E-state index is -0.479. The summed E-state index contributed by atoms with van der Waals surface area (Å²) in [6.07, 6.45) is 0.959. The smallest absolute Gasteiger partial charge is 0.253 e. The highest BCUT2D eigenvalue weighted by molar-refractivity contribution is 6.24. The molecule has 2 aromatic carbocycles. The molecule has 3 unspecified atom stereocenters. The second kappa shape index (κ2) is 7.24. The molecular weight excluding hydrogens is 380 g/mol. The van der Waals surface area contributed by atoms with Crippen LogP contribution in [-0.4, -0.2) is 47.6 Å². The van der Waals surface area contributed by atoms with E-state index in [0.29, 0.717) is 23.6 Å². The summed E-state index contributed by atoms with van der Waals surface area (Å²) in [4.78, 5) is 28.2. The van der Waals surface area contributed by atoms with Gasteiger partial charge in [0, 0.05) is 13.1 Å². The molecule has 0 N–H and O–H groups in total. The van der Waals surface area contributed by atoms with Gasteiger partial charge in [0.1, 0.15) is 11.8 Å². The van der Waals surface area contributed by atoms with E-state index < -0.39 is 12.0 Å². The van der Waals surface area contributed by atoms with Gasteiger partial charge in [0.2, 0.25) is 5.91 Å². The van der Waals surface area contributed by atoms with Crippen LogP contribution in [0.25, 0.3) is 0 Å². The van der Waals surface area contributed by atoms with Crippen LogP contribution in [0, 0.1) is 17.2 Å². The first-order valence-electron chi connectivity index (χ1n) is 10.3. The number of benzene rings is 2. The van der Waals surface area contributed by atoms with Gasteiger partial charge in [-0.3, -0.25) is 9.59 Å². The van der Waals surface area contributed by atoms with Gasteiger partial charge in [-0.2, -0.15) is 5.26 Å². The molecular formula is C23H22N4O3. The van der Waals surface area contributed by atoms with Crippen molar-refractivity contribution < 1.29 is 14.3 Å². The summed E-state index contributed by atoms with van der Waals surface area (Å²) in [5.74, 6) is -0.0888. The van der Waals surface area contributed by atoms with Crippen LogP contribution < -0.4 is 9.64 Å². The van der Waals surface area contributed by atoms with E-state index in [9.17, 15) is 9.59 Å². The van der Waals surface area contributed by atoms with Gasteiger partial charge in [-0.05, 0) is 55.3 Å². The van der Waals surface area contributed by atoms with Gasteiger partial charge in [0.25, 0.3) is 5.91 Å². The third-order valence-electron chi connectivity index (χ3n) is 6.19. The number of carbonyl (C=O) groups is 2. The van der Waals surface area contributed by atoms with Crippen LogP contribution in [0.5, 0.6) is 5.75 Å². The van der Waals surface area contributed by atoms with E-state index in [1.54, 1.807) is 36.4 Å². The van der Waals surface area contributed by atoms with Gasteiger partial charge >= 0.3 is 0 Å². The van der Waals surface area contributed by atoms with Crippen molar-refractivity contribution in [2.45, 2.75) is 25.4 Å². The number of hydrazine groups is 1. The Hall–Kier alpha value is -3.21. The Morgan fingerprint density at radius 3 is 2.27 bits per heavy atom. The van der Waals surface area contributed by atoms with E-state index in [-0.39, 0.29) is 17.9 Å². The summed E-state index contributed by atoms with van der Waals surface area (Å²) < 4.78 is 5.48. The molecule has 0 bridgehead atoms. The van der Waals surface area contributed by atoms with Crippen LogP contribution in [0.3, 0.4) is 0 Å². The largest absolute Gasteiger partial charge is 0.494 e. The van der Waals surface area contributed by atoms with Crippen molar-refractivity contribution in [1.82, 2.24) is 10.0 Å². The lowest BCUT2D eigenvalue weighted by atomic mass is 9.89. The first-order valence-corrected chi connectivity index (χ1v) is 10.3. The van der Waals surface area contributed by atoms with E-state index in [1.165, 1.54) is 4.90 Å². The topological polar surface area (TPSA) is 76.9 Å². The van der Waals surface area contributed by atoms with Gasteiger partial charge in [0.05, 0.1) is 35.9 Å². The predicted octanol–water partition coefficient (Wildman–Crippen LogP) is 2.49. The summed E-state index contributed by atoms with van der Waals surface area (Å²) >= 11 is 0. The molecule has 3 aliphatic rings. The second-order valence-corrected chi connectivity index (χ2v) is 7.77. The van der Waals surface area contributed by atoms with Gasteiger partial charge in [-0.25, -0.2) is 14.9 Å². The molecule has 3 aliphatic heterocycles. The van der Waals surface area contributed by atoms with Crippen LogP contribution in [0.15, 0.2) is 48.5 Å². The Bertz CT molecular complexity index is 1030. The molecule has 3 atom stereocenters. The molecule has 0 radical (unpaired) electrons. The van der Waals surface area contributed by atoms with Gasteiger partial charge < -0.3 is 4.74 Å². The van der Waals surface area contributed by atoms with Gasteiger partial charge in [-0.1, -0.05) is 12.1 Å². The normalized spacial score (nSPS) is 26.0. The highest BCUT2D eigenvalue weighted by Crippen LogP contribution is 2.48. The Balaban J connectivity index is 1.51. The third kappa shape index (κ3) is 2.72. The molecule has 0 spiro atoms. The van der Waals surface area contributed by atoms with Crippen LogP contribution in [0.1, 0.15) is 30.5 Å². The molecule has 3 saturated heterocycles. The monoisotopic (exact) mass is 402 g/mol. The van der Waals surface area contributed by atoms with Crippen molar-refractivity contribution >= 4 is 17.5 Å². The molecule has 30 heavy (non-hydrogen) atoms. The van der Waals surface area contributed by atoms with Crippen LogP contribution in [-0.2, 0) is 9.59 Å². The lowest BCUT2D eigenvalue weighted by molar-refractivity contribution is -0.126. The number of fused-ring (bicyclic) bond motifs is 3. The number of imide groups is 1. The zero-order chi connectivity index (χ0) is 20.8. The lowest BCUT2D eigenvalue weighted by Crippen LogP contribution is -2.44. The van der Waals surface area contributed by atoms with E-state index >= 15 is 0 Å². The van der Waals surface area contributed by atoms with E-state index in [2.05, 4.69) is 16.1 Å². The van der Waals surface area contributed by atoms with Crippen LogP contribution in [0.4, 0.5) is 5.69 Å². The number of anilines is 1. The predicted molar refractivity (Wildman–Crippen MR) is 109 cm³/mol. The molecule has 3 heterocycles. The highest BCUT2D eigenvalue weighted by Gasteiger charge is 2.62. The van der Waals surface area contributed by atoms with Gasteiger partial charge in [0.15, 0.2) is 0 Å². The number of carbonyl (C=O) groups excluding carboxylic acids is 2. The first-order chi connectivity index (χ1) is 14.6. The summed E-state index contributed by atoms with van der Waals surface area (Å²) in [5.41, 5.74) is 2.12. The number of rotatable bonds is 4. The molecule has 152 valence electrons. The molecule has 3 fully saturated rings. The van der Waals surface area contributed by atoms with E-state index in [1.807, 2.05) is 19.1 Å². The second-order valence-electron chi connectivity index (χ2n) is 7.77. The van der Waals surface area contributed by atoms with E-state index in [0.717, 1.165) is 25.1 Å².